The average Bonchev–Trinajstić information content (AvgIpc) is 0. The van der Waals surface area contributed by atoms with Crippen molar-refractivity contribution in [3.8, 4) is 0 Å². The zero-order chi connectivity index (χ0) is 0. The van der Waals surface area contributed by atoms with E-state index in [1.165, 1.54) is 0 Å². The van der Waals surface area contributed by atoms with Crippen molar-refractivity contribution in [2.75, 3.05) is 0 Å². The second-order valence-electron chi connectivity index (χ2n) is 0. The molecule has 0 atom stereocenters. The molecule has 0 fully saturated rings. The van der Waals surface area contributed by atoms with Crippen molar-refractivity contribution in [3.05, 3.63) is 0 Å². The topological polar surface area (TPSA) is 85.5 Å². The SMILES string of the molecule is [Al+3].[Al+3].[Co].[Co].[Cu].[Cu].[LiH].[LiH].[Ni].[Ni].[O-2].[O-2].[O-2]. The molecule has 3 nitrogen and oxygen atoms in total. The zero-order valence-electron chi connectivity index (χ0n) is 4.28. The van der Waals surface area contributed by atoms with E-state index in [-0.39, 0.29) is 190 Å². The normalized spacial score (nSPS) is 0. The molecule has 0 spiro atoms. The van der Waals surface area contributed by atoms with E-state index in [1.54, 1.807) is 0 Å². The number of hydrogen-bond donors (Lipinski definition) is 0. The van der Waals surface area contributed by atoms with Crippen LogP contribution in [0.3, 0.4) is 0 Å². The van der Waals surface area contributed by atoms with E-state index >= 15 is 0 Å². The summed E-state index contributed by atoms with van der Waals surface area (Å²) in [6, 6.07) is 0. The molecule has 0 aromatic heterocycles. The van der Waals surface area contributed by atoms with Crippen LogP contribution in [-0.4, -0.2) is 72.4 Å². The van der Waals surface area contributed by atoms with Crippen molar-refractivity contribution in [3.63, 3.8) is 0 Å². The van der Waals surface area contributed by atoms with Gasteiger partial charge in [-0.15, -0.1) is 0 Å². The quantitative estimate of drug-likeness (QED) is 0.346. The molecular formula is H2Al2Co2Cu2Li2Ni2O3. The third-order valence-corrected chi connectivity index (χ3v) is 0. The Balaban J connectivity index is 0. The zero-order valence-corrected chi connectivity index (χ0v) is 12.5. The Kier molecular flexibility index (Phi) is 2580. The standard InChI is InChI=1S/2Al.2Co.2Cu.2Li.2Ni.3O.2H/q2*+3;;;;;;;;;3*-2;;. The molecule has 0 unspecified atom stereocenters. The van der Waals surface area contributed by atoms with E-state index in [2.05, 4.69) is 0 Å². The molecular weight excluding hydrogens is 478 g/mol. The Morgan fingerprint density at radius 2 is 0.462 bits per heavy atom. The van der Waals surface area contributed by atoms with Crippen molar-refractivity contribution >= 4 is 72.4 Å². The minimum absolute atomic E-state index is 0. The summed E-state index contributed by atoms with van der Waals surface area (Å²) in [6.07, 6.45) is 0. The van der Waals surface area contributed by atoms with E-state index in [4.69, 9.17) is 0 Å². The molecule has 0 aromatic rings. The molecule has 0 saturated heterocycles. The molecule has 0 N–H and O–H groups in total. The summed E-state index contributed by atoms with van der Waals surface area (Å²) in [4.78, 5) is 0. The number of hydrogen-bond acceptors (Lipinski definition) is 0. The third kappa shape index (κ3) is 148. The van der Waals surface area contributed by atoms with Gasteiger partial charge < -0.3 is 16.4 Å². The first kappa shape index (κ1) is 200. The largest absolute Gasteiger partial charge is 2.00 e. The first-order valence-corrected chi connectivity index (χ1v) is 0. The predicted molar refractivity (Wildman–Crippen MR) is 27.9 cm³/mol. The summed E-state index contributed by atoms with van der Waals surface area (Å²) >= 11 is 0. The van der Waals surface area contributed by atoms with Crippen LogP contribution in [0.25, 0.3) is 0 Å². The van der Waals surface area contributed by atoms with Crippen LogP contribution in [0.2, 0.25) is 0 Å². The Bertz CT molecular complexity index is 33.4. The van der Waals surface area contributed by atoms with Gasteiger partial charge >= 0.3 is 72.4 Å². The Hall–Kier alpha value is 5.18. The third-order valence-electron chi connectivity index (χ3n) is 0. The second-order valence-corrected chi connectivity index (χ2v) is 0. The molecule has 4 radical (unpaired) electrons. The van der Waals surface area contributed by atoms with Crippen molar-refractivity contribution in [1.29, 1.82) is 0 Å². The van der Waals surface area contributed by atoms with Crippen LogP contribution in [0.15, 0.2) is 0 Å². The van der Waals surface area contributed by atoms with E-state index in [0.717, 1.165) is 0 Å². The van der Waals surface area contributed by atoms with Crippen LogP contribution in [0.5, 0.6) is 0 Å². The maximum Gasteiger partial charge on any atom is 0 e. The molecule has 0 heterocycles. The minimum Gasteiger partial charge on any atom is -2.00 e. The predicted octanol–water partition coefficient (Wildman–Crippen LogP) is -2.43. The van der Waals surface area contributed by atoms with E-state index < -0.39 is 0 Å². The Morgan fingerprint density at radius 3 is 0.462 bits per heavy atom. The molecule has 0 aromatic carbocycles. The molecule has 0 rings (SSSR count). The van der Waals surface area contributed by atoms with Gasteiger partial charge in [0.15, 0.2) is 0 Å². The molecule has 0 aliphatic heterocycles. The number of rotatable bonds is 0. The van der Waals surface area contributed by atoms with Crippen LogP contribution < -0.4 is 0 Å². The maximum atomic E-state index is 0. The van der Waals surface area contributed by atoms with Gasteiger partial charge in [0.2, 0.25) is 0 Å². The van der Waals surface area contributed by atoms with Crippen LogP contribution in [-0.2, 0) is 117 Å². The Morgan fingerprint density at radius 1 is 0.462 bits per heavy atom. The van der Waals surface area contributed by atoms with E-state index in [1.807, 2.05) is 0 Å². The van der Waals surface area contributed by atoms with Gasteiger partial charge in [0, 0.05) is 101 Å². The second kappa shape index (κ2) is 168. The average molecular weight is 480 g/mol. The first-order valence-electron chi connectivity index (χ1n) is 0. The van der Waals surface area contributed by atoms with Crippen LogP contribution in [0.4, 0.5) is 0 Å². The summed E-state index contributed by atoms with van der Waals surface area (Å²) in [5, 5.41) is 0. The smallest absolute Gasteiger partial charge is 0 e. The summed E-state index contributed by atoms with van der Waals surface area (Å²) < 4.78 is 0. The molecule has 0 amide bonds. The molecule has 13 heavy (non-hydrogen) atoms. The van der Waals surface area contributed by atoms with Crippen molar-refractivity contribution < 1.29 is 117 Å². The maximum absolute atomic E-state index is 0. The fourth-order valence-corrected chi connectivity index (χ4v) is 0. The van der Waals surface area contributed by atoms with Crippen LogP contribution in [0.1, 0.15) is 0 Å². The van der Waals surface area contributed by atoms with E-state index in [9.17, 15) is 0 Å². The van der Waals surface area contributed by atoms with Crippen molar-refractivity contribution in [2.24, 2.45) is 0 Å². The Labute approximate surface area is 186 Å². The van der Waals surface area contributed by atoms with Crippen molar-refractivity contribution in [2.45, 2.75) is 0 Å². The fraction of sp³-hybridized carbons (Fsp3) is 0. The fourth-order valence-electron chi connectivity index (χ4n) is 0. The summed E-state index contributed by atoms with van der Waals surface area (Å²) in [5.41, 5.74) is 0. The molecule has 0 bridgehead atoms. The molecule has 13 heteroatoms. The summed E-state index contributed by atoms with van der Waals surface area (Å²) in [6.45, 7) is 0. The van der Waals surface area contributed by atoms with Gasteiger partial charge in [-0.05, 0) is 0 Å². The van der Waals surface area contributed by atoms with Crippen LogP contribution in [0, 0.1) is 0 Å². The molecule has 88 valence electrons. The molecule has 0 aliphatic rings. The minimum atomic E-state index is 0. The summed E-state index contributed by atoms with van der Waals surface area (Å²) in [7, 11) is 0. The van der Waals surface area contributed by atoms with Gasteiger partial charge in [-0.1, -0.05) is 0 Å². The first-order chi connectivity index (χ1) is 0. The van der Waals surface area contributed by atoms with Crippen molar-refractivity contribution in [1.82, 2.24) is 0 Å². The van der Waals surface area contributed by atoms with Gasteiger partial charge in [0.25, 0.3) is 0 Å². The monoisotopic (exact) mass is 478 g/mol. The molecule has 0 saturated carbocycles. The van der Waals surface area contributed by atoms with Gasteiger partial charge in [0.1, 0.15) is 0 Å². The van der Waals surface area contributed by atoms with E-state index in [0.29, 0.717) is 0 Å². The molecule has 0 aliphatic carbocycles. The van der Waals surface area contributed by atoms with Gasteiger partial charge in [0.05, 0.1) is 0 Å². The van der Waals surface area contributed by atoms with Gasteiger partial charge in [-0.3, -0.25) is 0 Å². The van der Waals surface area contributed by atoms with Gasteiger partial charge in [-0.2, -0.15) is 0 Å². The summed E-state index contributed by atoms with van der Waals surface area (Å²) in [5.74, 6) is 0. The van der Waals surface area contributed by atoms with Crippen LogP contribution >= 0.6 is 0 Å². The van der Waals surface area contributed by atoms with Gasteiger partial charge in [-0.25, -0.2) is 0 Å².